The van der Waals surface area contributed by atoms with E-state index in [9.17, 15) is 5.26 Å². The van der Waals surface area contributed by atoms with Gasteiger partial charge in [-0.3, -0.25) is 0 Å². The number of hydrogen-bond acceptors (Lipinski definition) is 4. The van der Waals surface area contributed by atoms with E-state index in [-0.39, 0.29) is 6.04 Å². The molecule has 2 aromatic rings. The van der Waals surface area contributed by atoms with Gasteiger partial charge in [-0.1, -0.05) is 18.2 Å². The fourth-order valence-electron chi connectivity index (χ4n) is 2.89. The highest BCUT2D eigenvalue weighted by atomic mass is 16.5. The SMILES string of the molecule is CN(C)C(c1coc2ccccc12)C1(C#N)COC1. The first-order valence-corrected chi connectivity index (χ1v) is 6.29. The molecule has 0 amide bonds. The Morgan fingerprint density at radius 2 is 2.05 bits per heavy atom. The lowest BCUT2D eigenvalue weighted by Gasteiger charge is -2.44. The minimum Gasteiger partial charge on any atom is -0.464 e. The summed E-state index contributed by atoms with van der Waals surface area (Å²) < 4.78 is 10.9. The molecule has 4 nitrogen and oxygen atoms in total. The molecule has 0 saturated carbocycles. The van der Waals surface area contributed by atoms with Crippen LogP contribution in [0.4, 0.5) is 0 Å². The molecule has 0 spiro atoms. The van der Waals surface area contributed by atoms with Crippen LogP contribution < -0.4 is 0 Å². The van der Waals surface area contributed by atoms with Crippen molar-refractivity contribution < 1.29 is 9.15 Å². The van der Waals surface area contributed by atoms with E-state index in [0.29, 0.717) is 13.2 Å². The topological polar surface area (TPSA) is 49.4 Å². The second-order valence-electron chi connectivity index (χ2n) is 5.31. The maximum absolute atomic E-state index is 9.54. The Labute approximate surface area is 112 Å². The van der Waals surface area contributed by atoms with Gasteiger partial charge in [0.15, 0.2) is 0 Å². The molecule has 1 aromatic carbocycles. The summed E-state index contributed by atoms with van der Waals surface area (Å²) in [6.07, 6.45) is 1.77. The van der Waals surface area contributed by atoms with Gasteiger partial charge in [0.25, 0.3) is 0 Å². The first-order valence-electron chi connectivity index (χ1n) is 6.29. The van der Waals surface area contributed by atoms with Gasteiger partial charge in [-0.25, -0.2) is 0 Å². The van der Waals surface area contributed by atoms with Gasteiger partial charge < -0.3 is 14.1 Å². The fourth-order valence-corrected chi connectivity index (χ4v) is 2.89. The van der Waals surface area contributed by atoms with E-state index in [1.165, 1.54) is 0 Å². The molecule has 0 N–H and O–H groups in total. The fraction of sp³-hybridized carbons (Fsp3) is 0.400. The molecule has 2 heterocycles. The van der Waals surface area contributed by atoms with Gasteiger partial charge in [0.2, 0.25) is 0 Å². The molecule has 1 aliphatic heterocycles. The van der Waals surface area contributed by atoms with Crippen LogP contribution in [0.5, 0.6) is 0 Å². The number of ether oxygens (including phenoxy) is 1. The maximum atomic E-state index is 9.54. The lowest BCUT2D eigenvalue weighted by atomic mass is 9.76. The van der Waals surface area contributed by atoms with E-state index in [4.69, 9.17) is 9.15 Å². The number of rotatable bonds is 3. The summed E-state index contributed by atoms with van der Waals surface area (Å²) in [4.78, 5) is 2.07. The number of nitrogens with zero attached hydrogens (tertiary/aromatic N) is 2. The van der Waals surface area contributed by atoms with Gasteiger partial charge in [0, 0.05) is 10.9 Å². The highest BCUT2D eigenvalue weighted by molar-refractivity contribution is 5.81. The van der Waals surface area contributed by atoms with Crippen molar-refractivity contribution in [3.63, 3.8) is 0 Å². The van der Waals surface area contributed by atoms with Crippen LogP contribution >= 0.6 is 0 Å². The summed E-state index contributed by atoms with van der Waals surface area (Å²) >= 11 is 0. The summed E-state index contributed by atoms with van der Waals surface area (Å²) in [7, 11) is 3.98. The zero-order valence-corrected chi connectivity index (χ0v) is 11.1. The Morgan fingerprint density at radius 3 is 2.63 bits per heavy atom. The van der Waals surface area contributed by atoms with Crippen molar-refractivity contribution in [2.75, 3.05) is 27.3 Å². The summed E-state index contributed by atoms with van der Waals surface area (Å²) in [6.45, 7) is 0.956. The molecule has 1 aliphatic rings. The normalized spacial score (nSPS) is 19.1. The van der Waals surface area contributed by atoms with Crippen molar-refractivity contribution in [1.29, 1.82) is 5.26 Å². The lowest BCUT2D eigenvalue weighted by Crippen LogP contribution is -2.50. The average Bonchev–Trinajstić information content (AvgIpc) is 2.77. The van der Waals surface area contributed by atoms with Gasteiger partial charge in [-0.2, -0.15) is 5.26 Å². The third-order valence-corrected chi connectivity index (χ3v) is 3.79. The van der Waals surface area contributed by atoms with Gasteiger partial charge >= 0.3 is 0 Å². The van der Waals surface area contributed by atoms with Crippen LogP contribution in [0, 0.1) is 16.7 Å². The molecule has 3 rings (SSSR count). The monoisotopic (exact) mass is 256 g/mol. The second-order valence-corrected chi connectivity index (χ2v) is 5.31. The average molecular weight is 256 g/mol. The molecular formula is C15H16N2O2. The van der Waals surface area contributed by atoms with Crippen molar-refractivity contribution in [2.24, 2.45) is 5.41 Å². The molecule has 0 radical (unpaired) electrons. The Balaban J connectivity index is 2.13. The van der Waals surface area contributed by atoms with Gasteiger partial charge in [-0.05, 0) is 20.2 Å². The standard InChI is InChI=1S/C15H16N2O2/c1-17(2)14(15(8-16)9-18-10-15)12-7-19-13-6-4-3-5-11(12)13/h3-7,14H,9-10H2,1-2H3. The quantitative estimate of drug-likeness (QED) is 0.847. The van der Waals surface area contributed by atoms with Crippen molar-refractivity contribution in [3.8, 4) is 6.07 Å². The number of hydrogen-bond donors (Lipinski definition) is 0. The molecule has 0 aliphatic carbocycles. The minimum absolute atomic E-state index is 0.0186. The summed E-state index contributed by atoms with van der Waals surface area (Å²) in [5.74, 6) is 0. The summed E-state index contributed by atoms with van der Waals surface area (Å²) in [5.41, 5.74) is 1.44. The zero-order valence-electron chi connectivity index (χ0n) is 11.1. The van der Waals surface area contributed by atoms with E-state index in [2.05, 4.69) is 11.0 Å². The largest absolute Gasteiger partial charge is 0.464 e. The molecule has 1 atom stereocenters. The first kappa shape index (κ1) is 12.2. The Hall–Kier alpha value is -1.83. The number of para-hydroxylation sites is 1. The van der Waals surface area contributed by atoms with E-state index < -0.39 is 5.41 Å². The van der Waals surface area contributed by atoms with E-state index in [1.807, 2.05) is 38.4 Å². The van der Waals surface area contributed by atoms with Crippen molar-refractivity contribution in [3.05, 3.63) is 36.1 Å². The number of benzene rings is 1. The van der Waals surface area contributed by atoms with Crippen molar-refractivity contribution >= 4 is 11.0 Å². The number of furan rings is 1. The third-order valence-electron chi connectivity index (χ3n) is 3.79. The highest BCUT2D eigenvalue weighted by Crippen LogP contribution is 2.45. The van der Waals surface area contributed by atoms with E-state index in [0.717, 1.165) is 16.5 Å². The Bertz CT molecular complexity index is 635. The van der Waals surface area contributed by atoms with Crippen LogP contribution in [0.2, 0.25) is 0 Å². The van der Waals surface area contributed by atoms with Gasteiger partial charge in [0.05, 0.1) is 31.6 Å². The minimum atomic E-state index is -0.476. The Kier molecular flexibility index (Phi) is 2.81. The first-order chi connectivity index (χ1) is 9.18. The lowest BCUT2D eigenvalue weighted by molar-refractivity contribution is -0.115. The molecule has 1 saturated heterocycles. The van der Waals surface area contributed by atoms with E-state index in [1.54, 1.807) is 6.26 Å². The smallest absolute Gasteiger partial charge is 0.134 e. The van der Waals surface area contributed by atoms with E-state index >= 15 is 0 Å². The maximum Gasteiger partial charge on any atom is 0.134 e. The summed E-state index contributed by atoms with van der Waals surface area (Å²) in [6, 6.07) is 10.3. The Morgan fingerprint density at radius 1 is 1.32 bits per heavy atom. The number of fused-ring (bicyclic) bond motifs is 1. The second kappa shape index (κ2) is 4.37. The summed E-state index contributed by atoms with van der Waals surface area (Å²) in [5, 5.41) is 10.6. The highest BCUT2D eigenvalue weighted by Gasteiger charge is 2.49. The van der Waals surface area contributed by atoms with Crippen LogP contribution in [0.3, 0.4) is 0 Å². The molecule has 1 fully saturated rings. The molecule has 1 aromatic heterocycles. The molecule has 0 bridgehead atoms. The van der Waals surface area contributed by atoms with Crippen molar-refractivity contribution in [1.82, 2.24) is 4.90 Å². The predicted octanol–water partition coefficient (Wildman–Crippen LogP) is 2.58. The molecule has 19 heavy (non-hydrogen) atoms. The van der Waals surface area contributed by atoms with Gasteiger partial charge in [-0.15, -0.1) is 0 Å². The molecular weight excluding hydrogens is 240 g/mol. The van der Waals surface area contributed by atoms with Crippen LogP contribution in [-0.4, -0.2) is 32.2 Å². The zero-order chi connectivity index (χ0) is 13.5. The van der Waals surface area contributed by atoms with Crippen LogP contribution in [0.15, 0.2) is 34.9 Å². The molecule has 4 heteroatoms. The molecule has 98 valence electrons. The van der Waals surface area contributed by atoms with Crippen LogP contribution in [0.25, 0.3) is 11.0 Å². The molecule has 1 unspecified atom stereocenters. The van der Waals surface area contributed by atoms with Crippen LogP contribution in [-0.2, 0) is 4.74 Å². The number of nitriles is 1. The van der Waals surface area contributed by atoms with Gasteiger partial charge in [0.1, 0.15) is 11.0 Å². The third kappa shape index (κ3) is 1.74. The van der Waals surface area contributed by atoms with Crippen molar-refractivity contribution in [2.45, 2.75) is 6.04 Å². The van der Waals surface area contributed by atoms with Crippen LogP contribution in [0.1, 0.15) is 11.6 Å². The predicted molar refractivity (Wildman–Crippen MR) is 71.5 cm³/mol.